The van der Waals surface area contributed by atoms with Crippen LogP contribution in [0.5, 0.6) is 0 Å². The standard InChI is InChI=1S/C12H20N4O2/c1-2-7-18-8-3-5-15-12(17)11-9-10(16-13)4-6-14-11/h4,6,9H,2-3,5,7-8,13H2,1H3,(H,14,16)(H,15,17). The molecule has 4 N–H and O–H groups in total. The SMILES string of the molecule is CCCOCCCNC(=O)c1cc(NN)ccn1. The van der Waals surface area contributed by atoms with Crippen LogP contribution in [0.1, 0.15) is 30.3 Å². The Hall–Kier alpha value is -1.66. The number of pyridine rings is 1. The number of aromatic nitrogens is 1. The van der Waals surface area contributed by atoms with Crippen molar-refractivity contribution in [3.63, 3.8) is 0 Å². The highest BCUT2D eigenvalue weighted by Crippen LogP contribution is 2.05. The molecule has 6 nitrogen and oxygen atoms in total. The lowest BCUT2D eigenvalue weighted by atomic mass is 10.3. The summed E-state index contributed by atoms with van der Waals surface area (Å²) in [7, 11) is 0. The first-order valence-electron chi connectivity index (χ1n) is 6.06. The van der Waals surface area contributed by atoms with Crippen molar-refractivity contribution in [2.24, 2.45) is 5.84 Å². The average molecular weight is 252 g/mol. The predicted molar refractivity (Wildman–Crippen MR) is 70.1 cm³/mol. The van der Waals surface area contributed by atoms with Gasteiger partial charge in [-0.15, -0.1) is 0 Å². The highest BCUT2D eigenvalue weighted by Gasteiger charge is 2.06. The van der Waals surface area contributed by atoms with E-state index in [1.807, 2.05) is 0 Å². The zero-order valence-corrected chi connectivity index (χ0v) is 10.6. The Balaban J connectivity index is 2.27. The van der Waals surface area contributed by atoms with E-state index in [0.717, 1.165) is 19.4 Å². The Labute approximate surface area is 107 Å². The van der Waals surface area contributed by atoms with E-state index in [9.17, 15) is 4.79 Å². The minimum atomic E-state index is -0.206. The van der Waals surface area contributed by atoms with Crippen molar-refractivity contribution in [1.82, 2.24) is 10.3 Å². The highest BCUT2D eigenvalue weighted by atomic mass is 16.5. The summed E-state index contributed by atoms with van der Waals surface area (Å²) in [5.41, 5.74) is 3.47. The molecule has 0 radical (unpaired) electrons. The maximum Gasteiger partial charge on any atom is 0.269 e. The minimum absolute atomic E-state index is 0.206. The number of carbonyl (C=O) groups is 1. The number of nitrogens with two attached hydrogens (primary N) is 1. The first-order valence-corrected chi connectivity index (χ1v) is 6.06. The molecule has 0 fully saturated rings. The van der Waals surface area contributed by atoms with E-state index in [0.29, 0.717) is 24.5 Å². The first-order chi connectivity index (χ1) is 8.77. The summed E-state index contributed by atoms with van der Waals surface area (Å²) >= 11 is 0. The van der Waals surface area contributed by atoms with Crippen molar-refractivity contribution < 1.29 is 9.53 Å². The molecule has 0 aliphatic rings. The van der Waals surface area contributed by atoms with E-state index in [4.69, 9.17) is 10.6 Å². The van der Waals surface area contributed by atoms with Crippen LogP contribution < -0.4 is 16.6 Å². The lowest BCUT2D eigenvalue weighted by Gasteiger charge is -2.06. The van der Waals surface area contributed by atoms with Crippen molar-refractivity contribution in [2.45, 2.75) is 19.8 Å². The summed E-state index contributed by atoms with van der Waals surface area (Å²) in [6, 6.07) is 3.29. The second-order valence-corrected chi connectivity index (χ2v) is 3.80. The van der Waals surface area contributed by atoms with Crippen molar-refractivity contribution >= 4 is 11.6 Å². The van der Waals surface area contributed by atoms with E-state index in [1.54, 1.807) is 12.1 Å². The molecule has 0 saturated carbocycles. The van der Waals surface area contributed by atoms with Gasteiger partial charge in [-0.3, -0.25) is 15.6 Å². The zero-order chi connectivity index (χ0) is 13.2. The number of rotatable bonds is 8. The third-order valence-electron chi connectivity index (χ3n) is 2.26. The summed E-state index contributed by atoms with van der Waals surface area (Å²) in [5.74, 6) is 5.06. The molecule has 0 aliphatic carbocycles. The van der Waals surface area contributed by atoms with E-state index in [2.05, 4.69) is 22.7 Å². The third-order valence-corrected chi connectivity index (χ3v) is 2.26. The van der Waals surface area contributed by atoms with Gasteiger partial charge in [0.2, 0.25) is 0 Å². The Morgan fingerprint density at radius 3 is 3.06 bits per heavy atom. The molecule has 0 aromatic carbocycles. The average Bonchev–Trinajstić information content (AvgIpc) is 2.42. The number of hydrogen-bond donors (Lipinski definition) is 3. The molecular formula is C12H20N4O2. The van der Waals surface area contributed by atoms with Gasteiger partial charge in [0.1, 0.15) is 5.69 Å². The number of carbonyl (C=O) groups excluding carboxylic acids is 1. The Morgan fingerprint density at radius 1 is 1.50 bits per heavy atom. The van der Waals surface area contributed by atoms with Gasteiger partial charge in [0.05, 0.1) is 5.69 Å². The van der Waals surface area contributed by atoms with Crippen LogP contribution >= 0.6 is 0 Å². The molecule has 6 heteroatoms. The highest BCUT2D eigenvalue weighted by molar-refractivity contribution is 5.93. The monoisotopic (exact) mass is 252 g/mol. The fourth-order valence-electron chi connectivity index (χ4n) is 1.36. The third kappa shape index (κ3) is 5.11. The quantitative estimate of drug-likeness (QED) is 0.363. The zero-order valence-electron chi connectivity index (χ0n) is 10.6. The molecule has 18 heavy (non-hydrogen) atoms. The number of nitrogens with one attached hydrogen (secondary N) is 2. The number of anilines is 1. The van der Waals surface area contributed by atoms with Gasteiger partial charge >= 0.3 is 0 Å². The molecule has 0 atom stereocenters. The summed E-state index contributed by atoms with van der Waals surface area (Å²) in [6.45, 7) is 4.06. The summed E-state index contributed by atoms with van der Waals surface area (Å²) in [6.07, 6.45) is 3.34. The first kappa shape index (κ1) is 14.4. The molecule has 1 rings (SSSR count). The number of nitrogens with zero attached hydrogens (tertiary/aromatic N) is 1. The second kappa shape index (κ2) is 8.43. The smallest absolute Gasteiger partial charge is 0.269 e. The van der Waals surface area contributed by atoms with Crippen LogP contribution in [0.2, 0.25) is 0 Å². The van der Waals surface area contributed by atoms with Crippen LogP contribution in [-0.4, -0.2) is 30.6 Å². The molecule has 1 aromatic heterocycles. The van der Waals surface area contributed by atoms with E-state index in [-0.39, 0.29) is 5.91 Å². The van der Waals surface area contributed by atoms with Gasteiger partial charge in [-0.05, 0) is 25.0 Å². The summed E-state index contributed by atoms with van der Waals surface area (Å²) in [4.78, 5) is 15.7. The largest absolute Gasteiger partial charge is 0.381 e. The fourth-order valence-corrected chi connectivity index (χ4v) is 1.36. The maximum absolute atomic E-state index is 11.7. The number of nitrogen functional groups attached to an aromatic ring is 1. The Kier molecular flexibility index (Phi) is 6.75. The van der Waals surface area contributed by atoms with Crippen LogP contribution in [0.3, 0.4) is 0 Å². The van der Waals surface area contributed by atoms with Crippen LogP contribution in [0, 0.1) is 0 Å². The van der Waals surface area contributed by atoms with Gasteiger partial charge in [-0.25, -0.2) is 0 Å². The molecule has 0 bridgehead atoms. The Morgan fingerprint density at radius 2 is 2.33 bits per heavy atom. The lowest BCUT2D eigenvalue weighted by Crippen LogP contribution is -2.26. The molecule has 0 spiro atoms. The molecule has 0 saturated heterocycles. The van der Waals surface area contributed by atoms with Gasteiger partial charge in [0, 0.05) is 26.0 Å². The fraction of sp³-hybridized carbons (Fsp3) is 0.500. The van der Waals surface area contributed by atoms with E-state index >= 15 is 0 Å². The van der Waals surface area contributed by atoms with E-state index < -0.39 is 0 Å². The van der Waals surface area contributed by atoms with E-state index in [1.165, 1.54) is 6.20 Å². The molecule has 1 aromatic rings. The van der Waals surface area contributed by atoms with Crippen LogP contribution in [0.4, 0.5) is 5.69 Å². The predicted octanol–water partition coefficient (Wildman–Crippen LogP) is 0.914. The molecule has 1 amide bonds. The van der Waals surface area contributed by atoms with Gasteiger partial charge in [0.25, 0.3) is 5.91 Å². The normalized spacial score (nSPS) is 10.1. The van der Waals surface area contributed by atoms with Crippen LogP contribution in [0.25, 0.3) is 0 Å². The topological polar surface area (TPSA) is 89.3 Å². The van der Waals surface area contributed by atoms with Crippen molar-refractivity contribution in [3.05, 3.63) is 24.0 Å². The summed E-state index contributed by atoms with van der Waals surface area (Å²) in [5, 5.41) is 2.78. The van der Waals surface area contributed by atoms with Gasteiger partial charge in [0.15, 0.2) is 0 Å². The van der Waals surface area contributed by atoms with Gasteiger partial charge < -0.3 is 15.5 Å². The van der Waals surface area contributed by atoms with Crippen LogP contribution in [0.15, 0.2) is 18.3 Å². The lowest BCUT2D eigenvalue weighted by molar-refractivity contribution is 0.0936. The number of hydrazine groups is 1. The number of hydrogen-bond acceptors (Lipinski definition) is 5. The minimum Gasteiger partial charge on any atom is -0.381 e. The summed E-state index contributed by atoms with van der Waals surface area (Å²) < 4.78 is 5.31. The Bertz CT molecular complexity index is 371. The second-order valence-electron chi connectivity index (χ2n) is 3.80. The molecule has 100 valence electrons. The molecular weight excluding hydrogens is 232 g/mol. The number of amides is 1. The maximum atomic E-state index is 11.7. The van der Waals surface area contributed by atoms with Crippen molar-refractivity contribution in [3.8, 4) is 0 Å². The molecule has 0 aliphatic heterocycles. The number of ether oxygens (including phenoxy) is 1. The van der Waals surface area contributed by atoms with Crippen LogP contribution in [-0.2, 0) is 4.74 Å². The van der Waals surface area contributed by atoms with Crippen molar-refractivity contribution in [1.29, 1.82) is 0 Å². The molecule has 1 heterocycles. The van der Waals surface area contributed by atoms with Crippen molar-refractivity contribution in [2.75, 3.05) is 25.2 Å². The molecule has 0 unspecified atom stereocenters. The van der Waals surface area contributed by atoms with Gasteiger partial charge in [-0.1, -0.05) is 6.92 Å². The van der Waals surface area contributed by atoms with Gasteiger partial charge in [-0.2, -0.15) is 0 Å².